The van der Waals surface area contributed by atoms with Crippen molar-refractivity contribution in [3.63, 3.8) is 0 Å². The Bertz CT molecular complexity index is 1500. The van der Waals surface area contributed by atoms with Crippen LogP contribution in [0.5, 0.6) is 0 Å². The van der Waals surface area contributed by atoms with E-state index >= 15 is 0 Å². The maximum absolute atomic E-state index is 14.3. The Hall–Kier alpha value is -1.51. The van der Waals surface area contributed by atoms with Crippen LogP contribution in [0.25, 0.3) is 0 Å². The second-order valence-corrected chi connectivity index (χ2v) is 18.9. The van der Waals surface area contributed by atoms with Crippen LogP contribution in [0.3, 0.4) is 0 Å². The fraction of sp³-hybridized carbons (Fsp3) is 0.844. The van der Waals surface area contributed by atoms with Crippen molar-refractivity contribution in [2.75, 3.05) is 26.7 Å². The smallest absolute Gasteiger partial charge is 0.172 e. The van der Waals surface area contributed by atoms with Crippen molar-refractivity contribution in [2.45, 2.75) is 202 Å². The van der Waals surface area contributed by atoms with E-state index < -0.39 is 5.79 Å². The average molecular weight is 782 g/mol. The van der Waals surface area contributed by atoms with Gasteiger partial charge in [-0.05, 0) is 81.9 Å². The Kier molecular flexibility index (Phi) is 11.5. The molecule has 10 fully saturated rings. The Labute approximate surface area is 334 Å². The molecule has 11 nitrogen and oxygen atoms in total. The number of ketones is 1. The zero-order valence-electron chi connectivity index (χ0n) is 34.3. The molecule has 10 aliphatic heterocycles. The highest BCUT2D eigenvalue weighted by atomic mass is 16.8. The predicted octanol–water partition coefficient (Wildman–Crippen LogP) is 6.02. The van der Waals surface area contributed by atoms with Gasteiger partial charge in [-0.3, -0.25) is 9.69 Å². The minimum absolute atomic E-state index is 0.00608. The van der Waals surface area contributed by atoms with Gasteiger partial charge in [0.05, 0.1) is 61.0 Å². The lowest BCUT2D eigenvalue weighted by Crippen LogP contribution is -2.61. The molecule has 0 unspecified atom stereocenters. The summed E-state index contributed by atoms with van der Waals surface area (Å²) in [5.41, 5.74) is 3.42. The van der Waals surface area contributed by atoms with Crippen molar-refractivity contribution in [3.05, 3.63) is 36.5 Å². The molecule has 10 rings (SSSR count). The highest BCUT2D eigenvalue weighted by Gasteiger charge is 2.68. The van der Waals surface area contributed by atoms with Crippen molar-refractivity contribution in [2.24, 2.45) is 11.8 Å². The molecule has 0 N–H and O–H groups in total. The van der Waals surface area contributed by atoms with Gasteiger partial charge in [0.25, 0.3) is 0 Å². The van der Waals surface area contributed by atoms with Gasteiger partial charge in [0, 0.05) is 58.2 Å². The molecule has 56 heavy (non-hydrogen) atoms. The summed E-state index contributed by atoms with van der Waals surface area (Å²) in [5, 5.41) is 0. The van der Waals surface area contributed by atoms with Gasteiger partial charge in [0.2, 0.25) is 0 Å². The minimum Gasteiger partial charge on any atom is -0.378 e. The summed E-state index contributed by atoms with van der Waals surface area (Å²) >= 11 is 0. The first-order valence-corrected chi connectivity index (χ1v) is 22.1. The Balaban J connectivity index is 0.977. The predicted molar refractivity (Wildman–Crippen MR) is 208 cm³/mol. The molecule has 10 heterocycles. The second-order valence-electron chi connectivity index (χ2n) is 18.9. The third-order valence-corrected chi connectivity index (χ3v) is 14.9. The Morgan fingerprint density at radius 2 is 1.55 bits per heavy atom. The largest absolute Gasteiger partial charge is 0.378 e. The number of hydrogen-bond donors (Lipinski definition) is 0. The van der Waals surface area contributed by atoms with Crippen molar-refractivity contribution >= 4 is 5.78 Å². The molecule has 0 amide bonds. The molecule has 18 atom stereocenters. The van der Waals surface area contributed by atoms with Crippen molar-refractivity contribution in [1.82, 2.24) is 4.90 Å². The fourth-order valence-electron chi connectivity index (χ4n) is 12.0. The van der Waals surface area contributed by atoms with Crippen LogP contribution in [0, 0.1) is 11.8 Å². The molecular weight excluding hydrogens is 714 g/mol. The summed E-state index contributed by atoms with van der Waals surface area (Å²) in [4.78, 5) is 16.7. The Morgan fingerprint density at radius 3 is 2.36 bits per heavy atom. The summed E-state index contributed by atoms with van der Waals surface area (Å²) in [6.45, 7) is 22.3. The number of carbonyl (C=O) groups excluding carboxylic acids is 1. The van der Waals surface area contributed by atoms with Gasteiger partial charge in [-0.15, -0.1) is 0 Å². The summed E-state index contributed by atoms with van der Waals surface area (Å²) < 4.78 is 60.9. The molecule has 1 spiro atoms. The van der Waals surface area contributed by atoms with Gasteiger partial charge < -0.3 is 42.6 Å². The number of methoxy groups -OCH3 is 1. The maximum Gasteiger partial charge on any atom is 0.172 e. The zero-order valence-corrected chi connectivity index (χ0v) is 34.3. The molecule has 0 radical (unpaired) electrons. The number of carbonyl (C=O) groups is 1. The van der Waals surface area contributed by atoms with Crippen LogP contribution in [0.15, 0.2) is 36.5 Å². The highest BCUT2D eigenvalue weighted by molar-refractivity contribution is 5.79. The molecule has 12 bridgehead atoms. The average Bonchev–Trinajstić information content (AvgIpc) is 3.84. The molecule has 10 saturated heterocycles. The number of likely N-dealkylation sites (N-methyl/N-ethyl adjacent to an activating group) is 1. The van der Waals surface area contributed by atoms with E-state index in [0.29, 0.717) is 38.0 Å². The van der Waals surface area contributed by atoms with Gasteiger partial charge >= 0.3 is 0 Å². The lowest BCUT2D eigenvalue weighted by Gasteiger charge is -2.47. The Morgan fingerprint density at radius 1 is 0.804 bits per heavy atom. The molecular formula is C45H67NO10. The topological polar surface area (TPSA) is 103 Å². The quantitative estimate of drug-likeness (QED) is 0.284. The molecule has 10 aliphatic rings. The first-order valence-electron chi connectivity index (χ1n) is 22.1. The third kappa shape index (κ3) is 7.69. The SMILES string of the molecule is C=C(C)CN(CC)CC[C@H]1O[C@H]2C[C@H]3O[C@@H](CC[C@@H]4O[C@@H](CC[C@@]56C[C@H]7O[C@H]8[C@@H](O5)[C@H]5O[C@H](CC[C@@H]5O[C@H]8[C@H]7O6)CC(=O)C[C@@H]2[C@H]1OC)CC4=C)C[C@@H](C)C3=C. The fourth-order valence-corrected chi connectivity index (χ4v) is 12.0. The molecule has 0 aromatic carbocycles. The second kappa shape index (κ2) is 16.2. The van der Waals surface area contributed by atoms with E-state index in [1.54, 1.807) is 7.11 Å². The number of nitrogens with zero attached hydrogens (tertiary/aromatic N) is 1. The van der Waals surface area contributed by atoms with E-state index in [1.165, 1.54) is 0 Å². The van der Waals surface area contributed by atoms with Gasteiger partial charge in [-0.1, -0.05) is 39.2 Å². The monoisotopic (exact) mass is 781 g/mol. The first-order chi connectivity index (χ1) is 27.0. The summed E-state index contributed by atoms with van der Waals surface area (Å²) in [6.07, 6.45) is 7.36. The van der Waals surface area contributed by atoms with Crippen molar-refractivity contribution < 1.29 is 47.4 Å². The van der Waals surface area contributed by atoms with E-state index in [1.807, 2.05) is 0 Å². The molecule has 11 heteroatoms. The number of rotatable bonds is 7. The van der Waals surface area contributed by atoms with E-state index in [4.69, 9.17) is 42.6 Å². The van der Waals surface area contributed by atoms with E-state index in [9.17, 15) is 4.79 Å². The molecule has 0 aromatic rings. The maximum atomic E-state index is 14.3. The van der Waals surface area contributed by atoms with Crippen molar-refractivity contribution in [3.8, 4) is 0 Å². The molecule has 0 saturated carbocycles. The summed E-state index contributed by atoms with van der Waals surface area (Å²) in [5.74, 6) is -0.382. The van der Waals surface area contributed by atoms with Crippen LogP contribution in [0.4, 0.5) is 0 Å². The van der Waals surface area contributed by atoms with Crippen LogP contribution in [0.2, 0.25) is 0 Å². The first kappa shape index (κ1) is 39.9. The molecule has 0 aliphatic carbocycles. The number of hydrogen-bond acceptors (Lipinski definition) is 11. The van der Waals surface area contributed by atoms with E-state index in [2.05, 4.69) is 45.4 Å². The minimum atomic E-state index is -0.765. The molecule has 312 valence electrons. The highest BCUT2D eigenvalue weighted by Crippen LogP contribution is 2.54. The van der Waals surface area contributed by atoms with E-state index in [0.717, 1.165) is 87.7 Å². The lowest BCUT2D eigenvalue weighted by atomic mass is 9.81. The van der Waals surface area contributed by atoms with Crippen LogP contribution < -0.4 is 0 Å². The van der Waals surface area contributed by atoms with E-state index in [-0.39, 0.29) is 103 Å². The van der Waals surface area contributed by atoms with Crippen LogP contribution >= 0.6 is 0 Å². The lowest BCUT2D eigenvalue weighted by molar-refractivity contribution is -0.292. The van der Waals surface area contributed by atoms with Gasteiger partial charge in [-0.2, -0.15) is 0 Å². The third-order valence-electron chi connectivity index (χ3n) is 14.9. The summed E-state index contributed by atoms with van der Waals surface area (Å²) in [6, 6.07) is 0. The number of fused-ring (bicyclic) bond motifs is 6. The normalized spacial score (nSPS) is 48.9. The van der Waals surface area contributed by atoms with Gasteiger partial charge in [0.1, 0.15) is 36.3 Å². The number of ether oxygens (including phenoxy) is 9. The summed E-state index contributed by atoms with van der Waals surface area (Å²) in [7, 11) is 1.77. The van der Waals surface area contributed by atoms with Gasteiger partial charge in [0.15, 0.2) is 5.79 Å². The van der Waals surface area contributed by atoms with Crippen molar-refractivity contribution in [1.29, 1.82) is 0 Å². The van der Waals surface area contributed by atoms with Crippen LogP contribution in [-0.4, -0.2) is 135 Å². The van der Waals surface area contributed by atoms with Gasteiger partial charge in [-0.25, -0.2) is 0 Å². The standard InChI is InChI=1S/C45H67NO10/c1-8-46(23-24(2)3)16-14-35-39(48-7)32-20-28(47)19-30-10-12-34-40(51-30)44-43-42(53-34)41-38(54-43)22-45(55-41,56-44)15-13-31-18-26(5)33(49-31)11-9-29-17-25(4)27(6)36(50-29)21-37(32)52-35/h25,29-44H,2,5-6,8-23H2,1,3-4,7H3/t25-,29+,30-,31+,32+,33+,34+,35-,36-,37+,38-,39-,40+,41+,42+,43-,44+,45+/m1/s1. The van der Waals surface area contributed by atoms with Crippen LogP contribution in [0.1, 0.15) is 104 Å². The van der Waals surface area contributed by atoms with Crippen LogP contribution in [-0.2, 0) is 47.4 Å². The molecule has 0 aromatic heterocycles. The zero-order chi connectivity index (χ0) is 38.9. The number of Topliss-reactive ketones (excluding diaryl/α,β-unsaturated/α-hetero) is 1.